The second-order valence-electron chi connectivity index (χ2n) is 6.16. The molecule has 26 heavy (non-hydrogen) atoms. The van der Waals surface area contributed by atoms with E-state index in [2.05, 4.69) is 5.32 Å². The summed E-state index contributed by atoms with van der Waals surface area (Å²) in [4.78, 5) is 12.3. The second kappa shape index (κ2) is 7.11. The number of hydrogen-bond donors (Lipinski definition) is 1. The van der Waals surface area contributed by atoms with Crippen molar-refractivity contribution in [3.63, 3.8) is 0 Å². The minimum absolute atomic E-state index is 0.194. The Morgan fingerprint density at radius 2 is 1.73 bits per heavy atom. The summed E-state index contributed by atoms with van der Waals surface area (Å²) >= 11 is 0. The topological polar surface area (TPSA) is 63.2 Å². The molecule has 8 heteroatoms. The van der Waals surface area contributed by atoms with Gasteiger partial charge in [0, 0.05) is 11.6 Å². The van der Waals surface area contributed by atoms with Crippen molar-refractivity contribution in [2.75, 3.05) is 0 Å². The molecule has 1 fully saturated rings. The lowest BCUT2D eigenvalue weighted by Crippen LogP contribution is -2.49. The van der Waals surface area contributed by atoms with Crippen LogP contribution >= 0.6 is 0 Å². The molecule has 1 aliphatic rings. The minimum atomic E-state index is -3.49. The Bertz CT molecular complexity index is 911. The van der Waals surface area contributed by atoms with Gasteiger partial charge in [-0.15, -0.1) is 0 Å². The monoisotopic (exact) mass is 383 g/mol. The molecule has 0 radical (unpaired) electrons. The van der Waals surface area contributed by atoms with Crippen LogP contribution in [0.4, 0.5) is 13.2 Å². The number of carbonyl (C=O) groups is 1. The minimum Gasteiger partial charge on any atom is -0.349 e. The summed E-state index contributed by atoms with van der Waals surface area (Å²) in [6, 6.07) is 10.1. The molecule has 1 aliphatic carbocycles. The zero-order chi connectivity index (χ0) is 18.9. The average Bonchev–Trinajstić information content (AvgIpc) is 2.58. The fraction of sp³-hybridized carbons (Fsp3) is 0.278. The molecule has 0 aromatic heterocycles. The molecule has 2 aromatic rings. The van der Waals surface area contributed by atoms with E-state index in [1.165, 1.54) is 12.1 Å². The van der Waals surface area contributed by atoms with E-state index in [4.69, 9.17) is 0 Å². The van der Waals surface area contributed by atoms with Crippen LogP contribution in [0.1, 0.15) is 35.2 Å². The maximum absolute atomic E-state index is 13.7. The Morgan fingerprint density at radius 3 is 2.35 bits per heavy atom. The van der Waals surface area contributed by atoms with Crippen molar-refractivity contribution >= 4 is 15.7 Å². The molecule has 0 spiro atoms. The van der Waals surface area contributed by atoms with Crippen molar-refractivity contribution in [2.24, 2.45) is 0 Å². The first-order chi connectivity index (χ1) is 12.3. The normalized spacial score (nSPS) is 19.8. The van der Waals surface area contributed by atoms with Gasteiger partial charge >= 0.3 is 0 Å². The predicted octanol–water partition coefficient (Wildman–Crippen LogP) is 3.50. The number of benzene rings is 2. The molecule has 0 bridgehead atoms. The zero-order valence-electron chi connectivity index (χ0n) is 13.5. The third-order valence-corrected chi connectivity index (χ3v) is 6.62. The van der Waals surface area contributed by atoms with E-state index in [9.17, 15) is 26.4 Å². The van der Waals surface area contributed by atoms with Crippen LogP contribution in [0.3, 0.4) is 0 Å². The molecule has 138 valence electrons. The standard InChI is InChI=1S/C18H16F3NO3S/c19-16-7-6-11(17(20)21)8-15(16)18(23)22-12-9-14(10-12)26(24,25)13-4-2-1-3-5-13/h1-8,12,14,17H,9-10H2,(H,22,23). The Labute approximate surface area is 149 Å². The molecule has 1 N–H and O–H groups in total. The van der Waals surface area contributed by atoms with Gasteiger partial charge in [-0.3, -0.25) is 4.79 Å². The SMILES string of the molecule is O=C(NC1CC(S(=O)(=O)c2ccccc2)C1)c1cc(C(F)F)ccc1F. The molecule has 4 nitrogen and oxygen atoms in total. The third-order valence-electron chi connectivity index (χ3n) is 4.43. The lowest BCUT2D eigenvalue weighted by Gasteiger charge is -2.35. The van der Waals surface area contributed by atoms with Crippen molar-refractivity contribution < 1.29 is 26.4 Å². The molecule has 0 unspecified atom stereocenters. The van der Waals surface area contributed by atoms with Crippen molar-refractivity contribution in [1.29, 1.82) is 0 Å². The summed E-state index contributed by atoms with van der Waals surface area (Å²) in [5, 5.41) is 1.87. The van der Waals surface area contributed by atoms with Gasteiger partial charge in [0.15, 0.2) is 9.84 Å². The van der Waals surface area contributed by atoms with Gasteiger partial charge in [-0.1, -0.05) is 24.3 Å². The summed E-state index contributed by atoms with van der Waals surface area (Å²) in [7, 11) is -3.49. The van der Waals surface area contributed by atoms with E-state index < -0.39 is 50.4 Å². The van der Waals surface area contributed by atoms with E-state index in [0.717, 1.165) is 18.2 Å². The lowest BCUT2D eigenvalue weighted by molar-refractivity contribution is 0.0913. The summed E-state index contributed by atoms with van der Waals surface area (Å²) in [6.07, 6.45) is -2.43. The van der Waals surface area contributed by atoms with E-state index in [1.807, 2.05) is 0 Å². The molecule has 0 heterocycles. The van der Waals surface area contributed by atoms with Gasteiger partial charge in [0.1, 0.15) is 5.82 Å². The highest BCUT2D eigenvalue weighted by molar-refractivity contribution is 7.92. The molecule has 1 amide bonds. The summed E-state index contributed by atoms with van der Waals surface area (Å²) in [5.41, 5.74) is -0.924. The molecule has 2 aromatic carbocycles. The van der Waals surface area contributed by atoms with Crippen LogP contribution in [0.25, 0.3) is 0 Å². The zero-order valence-corrected chi connectivity index (χ0v) is 14.3. The summed E-state index contributed by atoms with van der Waals surface area (Å²) in [5.74, 6) is -1.73. The van der Waals surface area contributed by atoms with Crippen molar-refractivity contribution in [3.8, 4) is 0 Å². The van der Waals surface area contributed by atoms with E-state index in [-0.39, 0.29) is 17.7 Å². The van der Waals surface area contributed by atoms with Gasteiger partial charge in [0.25, 0.3) is 12.3 Å². The number of sulfone groups is 1. The molecule has 1 saturated carbocycles. The molecule has 0 atom stereocenters. The van der Waals surface area contributed by atoms with Gasteiger partial charge < -0.3 is 5.32 Å². The van der Waals surface area contributed by atoms with Gasteiger partial charge in [0.05, 0.1) is 15.7 Å². The van der Waals surface area contributed by atoms with Crippen LogP contribution in [0, 0.1) is 5.82 Å². The van der Waals surface area contributed by atoms with Gasteiger partial charge in [-0.05, 0) is 37.1 Å². The number of halogens is 3. The first kappa shape index (κ1) is 18.4. The van der Waals surface area contributed by atoms with Crippen LogP contribution in [-0.4, -0.2) is 25.6 Å². The van der Waals surface area contributed by atoms with E-state index in [1.54, 1.807) is 18.2 Å². The number of nitrogens with one attached hydrogen (secondary N) is 1. The van der Waals surface area contributed by atoms with Crippen molar-refractivity contribution in [1.82, 2.24) is 5.32 Å². The van der Waals surface area contributed by atoms with Crippen LogP contribution in [-0.2, 0) is 9.84 Å². The maximum Gasteiger partial charge on any atom is 0.263 e. The van der Waals surface area contributed by atoms with Crippen LogP contribution < -0.4 is 5.32 Å². The fourth-order valence-corrected chi connectivity index (χ4v) is 4.75. The van der Waals surface area contributed by atoms with Gasteiger partial charge in [-0.2, -0.15) is 0 Å². The molecule has 3 rings (SSSR count). The molecular formula is C18H16F3NO3S. The highest BCUT2D eigenvalue weighted by Crippen LogP contribution is 2.32. The summed E-state index contributed by atoms with van der Waals surface area (Å²) in [6.45, 7) is 0. The lowest BCUT2D eigenvalue weighted by atomic mass is 9.92. The van der Waals surface area contributed by atoms with Gasteiger partial charge in [-0.25, -0.2) is 21.6 Å². The van der Waals surface area contributed by atoms with Crippen LogP contribution in [0.2, 0.25) is 0 Å². The van der Waals surface area contributed by atoms with E-state index in [0.29, 0.717) is 0 Å². The van der Waals surface area contributed by atoms with Crippen LogP contribution in [0.5, 0.6) is 0 Å². The largest absolute Gasteiger partial charge is 0.349 e. The highest BCUT2D eigenvalue weighted by Gasteiger charge is 2.40. The number of rotatable bonds is 5. The molecule has 0 aliphatic heterocycles. The van der Waals surface area contributed by atoms with E-state index >= 15 is 0 Å². The first-order valence-electron chi connectivity index (χ1n) is 7.96. The Morgan fingerprint density at radius 1 is 1.08 bits per heavy atom. The quantitative estimate of drug-likeness (QED) is 0.860. The van der Waals surface area contributed by atoms with Crippen molar-refractivity contribution in [3.05, 3.63) is 65.5 Å². The van der Waals surface area contributed by atoms with Crippen molar-refractivity contribution in [2.45, 2.75) is 35.5 Å². The second-order valence-corrected chi connectivity index (χ2v) is 8.39. The average molecular weight is 383 g/mol. The Balaban J connectivity index is 1.64. The molecular weight excluding hydrogens is 367 g/mol. The number of alkyl halides is 2. The predicted molar refractivity (Wildman–Crippen MR) is 89.3 cm³/mol. The fourth-order valence-electron chi connectivity index (χ4n) is 2.86. The Hall–Kier alpha value is -2.35. The highest BCUT2D eigenvalue weighted by atomic mass is 32.2. The number of amides is 1. The molecule has 0 saturated heterocycles. The summed E-state index contributed by atoms with van der Waals surface area (Å²) < 4.78 is 64.0. The number of hydrogen-bond acceptors (Lipinski definition) is 3. The number of carbonyl (C=O) groups excluding carboxylic acids is 1. The maximum atomic E-state index is 13.7. The van der Waals surface area contributed by atoms with Crippen LogP contribution in [0.15, 0.2) is 53.4 Å². The first-order valence-corrected chi connectivity index (χ1v) is 9.51. The third kappa shape index (κ3) is 3.60. The van der Waals surface area contributed by atoms with Gasteiger partial charge in [0.2, 0.25) is 0 Å². The Kier molecular flexibility index (Phi) is 5.04. The smallest absolute Gasteiger partial charge is 0.263 e.